The van der Waals surface area contributed by atoms with E-state index in [1.807, 2.05) is 19.9 Å². The van der Waals surface area contributed by atoms with Crippen LogP contribution in [0.25, 0.3) is 0 Å². The van der Waals surface area contributed by atoms with E-state index in [0.717, 1.165) is 11.1 Å². The first-order valence-electron chi connectivity index (χ1n) is 8.34. The van der Waals surface area contributed by atoms with Crippen molar-refractivity contribution in [2.45, 2.75) is 13.8 Å². The van der Waals surface area contributed by atoms with Gasteiger partial charge in [0, 0.05) is 5.69 Å². The summed E-state index contributed by atoms with van der Waals surface area (Å²) in [5.41, 5.74) is 2.56. The molecule has 0 unspecified atom stereocenters. The Bertz CT molecular complexity index is 923. The Kier molecular flexibility index (Phi) is 6.86. The van der Waals surface area contributed by atoms with E-state index in [2.05, 4.69) is 15.4 Å². The Morgan fingerprint density at radius 3 is 2.14 bits per heavy atom. The van der Waals surface area contributed by atoms with Gasteiger partial charge in [-0.3, -0.25) is 10.1 Å². The molecular weight excluding hydrogens is 364 g/mol. The molecule has 2 N–H and O–H groups in total. The zero-order chi connectivity index (χ0) is 20.7. The van der Waals surface area contributed by atoms with Crippen molar-refractivity contribution >= 4 is 29.6 Å². The number of esters is 2. The van der Waals surface area contributed by atoms with Gasteiger partial charge in [-0.15, -0.1) is 0 Å². The summed E-state index contributed by atoms with van der Waals surface area (Å²) in [6.07, 6.45) is 0. The van der Waals surface area contributed by atoms with Gasteiger partial charge in [-0.2, -0.15) is 0 Å². The summed E-state index contributed by atoms with van der Waals surface area (Å²) in [7, 11) is 1.19. The fourth-order valence-corrected chi connectivity index (χ4v) is 2.30. The molecule has 0 bridgehead atoms. The summed E-state index contributed by atoms with van der Waals surface area (Å²) in [5.74, 6) is -2.40. The number of hydrogen-bond acceptors (Lipinski definition) is 6. The van der Waals surface area contributed by atoms with Gasteiger partial charge in [-0.05, 0) is 49.2 Å². The summed E-state index contributed by atoms with van der Waals surface area (Å²) in [6, 6.07) is 10.4. The number of rotatable bonds is 5. The number of ether oxygens (including phenoxy) is 2. The number of methoxy groups -OCH3 is 1. The first kappa shape index (κ1) is 20.6. The predicted octanol–water partition coefficient (Wildman–Crippen LogP) is 2.60. The molecule has 0 radical (unpaired) electrons. The standard InChI is InChI=1S/C20H20N2O6/c1-12-8-9-14(10-13(12)2)21-20(26)22-17(23)11-28-19(25)16-7-5-4-6-15(16)18(24)27-3/h4-10H,11H2,1-3H3,(H2,21,22,23,26). The predicted molar refractivity (Wildman–Crippen MR) is 101 cm³/mol. The highest BCUT2D eigenvalue weighted by atomic mass is 16.5. The van der Waals surface area contributed by atoms with Gasteiger partial charge in [0.15, 0.2) is 6.61 Å². The van der Waals surface area contributed by atoms with Crippen LogP contribution in [0.15, 0.2) is 42.5 Å². The number of anilines is 1. The molecule has 0 aliphatic heterocycles. The molecule has 3 amide bonds. The van der Waals surface area contributed by atoms with Crippen LogP contribution in [-0.4, -0.2) is 37.6 Å². The van der Waals surface area contributed by atoms with Gasteiger partial charge in [0.1, 0.15) is 0 Å². The van der Waals surface area contributed by atoms with Crippen molar-refractivity contribution < 1.29 is 28.7 Å². The lowest BCUT2D eigenvalue weighted by Crippen LogP contribution is -2.37. The van der Waals surface area contributed by atoms with Crippen molar-refractivity contribution in [3.05, 3.63) is 64.7 Å². The number of amides is 3. The first-order valence-corrected chi connectivity index (χ1v) is 8.34. The second kappa shape index (κ2) is 9.31. The monoisotopic (exact) mass is 384 g/mol. The van der Waals surface area contributed by atoms with E-state index in [1.165, 1.54) is 19.2 Å². The Balaban J connectivity index is 1.90. The number of carbonyl (C=O) groups excluding carboxylic acids is 4. The fourth-order valence-electron chi connectivity index (χ4n) is 2.30. The number of aryl methyl sites for hydroxylation is 2. The van der Waals surface area contributed by atoms with Crippen LogP contribution < -0.4 is 10.6 Å². The van der Waals surface area contributed by atoms with Gasteiger partial charge in [0.05, 0.1) is 18.2 Å². The molecule has 0 saturated heterocycles. The third kappa shape index (κ3) is 5.41. The summed E-state index contributed by atoms with van der Waals surface area (Å²) in [6.45, 7) is 3.15. The Labute approximate surface area is 161 Å². The molecule has 0 fully saturated rings. The van der Waals surface area contributed by atoms with E-state index in [-0.39, 0.29) is 11.1 Å². The molecular formula is C20H20N2O6. The lowest BCUT2D eigenvalue weighted by molar-refractivity contribution is -0.123. The average Bonchev–Trinajstić information content (AvgIpc) is 2.68. The molecule has 2 aromatic rings. The molecule has 0 aliphatic rings. The molecule has 0 aliphatic carbocycles. The number of hydrogen-bond donors (Lipinski definition) is 2. The maximum Gasteiger partial charge on any atom is 0.339 e. The number of imide groups is 1. The van der Waals surface area contributed by atoms with E-state index in [0.29, 0.717) is 5.69 Å². The van der Waals surface area contributed by atoms with E-state index in [9.17, 15) is 19.2 Å². The molecule has 28 heavy (non-hydrogen) atoms. The quantitative estimate of drug-likeness (QED) is 0.767. The molecule has 2 rings (SSSR count). The largest absolute Gasteiger partial charge is 0.465 e. The first-order chi connectivity index (χ1) is 13.3. The van der Waals surface area contributed by atoms with E-state index in [4.69, 9.17) is 4.74 Å². The van der Waals surface area contributed by atoms with Crippen molar-refractivity contribution in [3.8, 4) is 0 Å². The second-order valence-electron chi connectivity index (χ2n) is 5.91. The minimum Gasteiger partial charge on any atom is -0.465 e. The summed E-state index contributed by atoms with van der Waals surface area (Å²) in [5, 5.41) is 4.58. The molecule has 2 aromatic carbocycles. The maximum atomic E-state index is 12.1. The van der Waals surface area contributed by atoms with Crippen LogP contribution in [-0.2, 0) is 14.3 Å². The molecule has 0 saturated carbocycles. The molecule has 0 aromatic heterocycles. The number of urea groups is 1. The van der Waals surface area contributed by atoms with Gasteiger partial charge < -0.3 is 14.8 Å². The van der Waals surface area contributed by atoms with Gasteiger partial charge in [-0.25, -0.2) is 14.4 Å². The van der Waals surface area contributed by atoms with Crippen molar-refractivity contribution in [3.63, 3.8) is 0 Å². The van der Waals surface area contributed by atoms with Gasteiger partial charge in [-0.1, -0.05) is 18.2 Å². The van der Waals surface area contributed by atoms with Crippen LogP contribution in [0.4, 0.5) is 10.5 Å². The minimum atomic E-state index is -0.884. The second-order valence-corrected chi connectivity index (χ2v) is 5.91. The van der Waals surface area contributed by atoms with Crippen LogP contribution in [0.5, 0.6) is 0 Å². The van der Waals surface area contributed by atoms with Crippen LogP contribution in [0.3, 0.4) is 0 Å². The summed E-state index contributed by atoms with van der Waals surface area (Å²) >= 11 is 0. The molecule has 146 valence electrons. The highest BCUT2D eigenvalue weighted by Crippen LogP contribution is 2.14. The zero-order valence-corrected chi connectivity index (χ0v) is 15.7. The van der Waals surface area contributed by atoms with E-state index in [1.54, 1.807) is 24.3 Å². The topological polar surface area (TPSA) is 111 Å². The van der Waals surface area contributed by atoms with Crippen molar-refractivity contribution in [1.29, 1.82) is 0 Å². The van der Waals surface area contributed by atoms with Crippen LogP contribution in [0.2, 0.25) is 0 Å². The number of benzene rings is 2. The van der Waals surface area contributed by atoms with E-state index < -0.39 is 30.5 Å². The van der Waals surface area contributed by atoms with Crippen molar-refractivity contribution in [1.82, 2.24) is 5.32 Å². The van der Waals surface area contributed by atoms with Crippen LogP contribution >= 0.6 is 0 Å². The fraction of sp³-hybridized carbons (Fsp3) is 0.200. The molecule has 0 spiro atoms. The minimum absolute atomic E-state index is 0.0166. The molecule has 8 heteroatoms. The Hall–Kier alpha value is -3.68. The normalized spacial score (nSPS) is 9.96. The Morgan fingerprint density at radius 2 is 1.54 bits per heavy atom. The highest BCUT2D eigenvalue weighted by molar-refractivity contribution is 6.05. The van der Waals surface area contributed by atoms with Crippen molar-refractivity contribution in [2.24, 2.45) is 0 Å². The molecule has 8 nitrogen and oxygen atoms in total. The smallest absolute Gasteiger partial charge is 0.339 e. The maximum absolute atomic E-state index is 12.1. The van der Waals surface area contributed by atoms with Crippen molar-refractivity contribution in [2.75, 3.05) is 19.0 Å². The highest BCUT2D eigenvalue weighted by Gasteiger charge is 2.19. The molecule has 0 atom stereocenters. The third-order valence-corrected chi connectivity index (χ3v) is 3.90. The lowest BCUT2D eigenvalue weighted by Gasteiger charge is -2.10. The third-order valence-electron chi connectivity index (χ3n) is 3.90. The average molecular weight is 384 g/mol. The van der Waals surface area contributed by atoms with Gasteiger partial charge in [0.25, 0.3) is 5.91 Å². The van der Waals surface area contributed by atoms with E-state index >= 15 is 0 Å². The van der Waals surface area contributed by atoms with Gasteiger partial charge in [0.2, 0.25) is 0 Å². The zero-order valence-electron chi connectivity index (χ0n) is 15.7. The SMILES string of the molecule is COC(=O)c1ccccc1C(=O)OCC(=O)NC(=O)Nc1ccc(C)c(C)c1. The van der Waals surface area contributed by atoms with Gasteiger partial charge >= 0.3 is 18.0 Å². The summed E-state index contributed by atoms with van der Waals surface area (Å²) < 4.78 is 9.47. The number of nitrogens with one attached hydrogen (secondary N) is 2. The van der Waals surface area contributed by atoms with Crippen LogP contribution in [0.1, 0.15) is 31.8 Å². The van der Waals surface area contributed by atoms with Crippen LogP contribution in [0, 0.1) is 13.8 Å². The summed E-state index contributed by atoms with van der Waals surface area (Å²) in [4.78, 5) is 47.5. The number of carbonyl (C=O) groups is 4. The Morgan fingerprint density at radius 1 is 0.893 bits per heavy atom. The lowest BCUT2D eigenvalue weighted by atomic mass is 10.1. The molecule has 0 heterocycles.